The van der Waals surface area contributed by atoms with E-state index in [0.29, 0.717) is 6.42 Å². The Kier molecular flexibility index (Phi) is 2.57. The van der Waals surface area contributed by atoms with Crippen LogP contribution in [0.25, 0.3) is 0 Å². The van der Waals surface area contributed by atoms with Gasteiger partial charge in [0.2, 0.25) is 0 Å². The van der Waals surface area contributed by atoms with Gasteiger partial charge in [0.1, 0.15) is 5.78 Å². The molecule has 70 valence electrons. The lowest BCUT2D eigenvalue weighted by Crippen LogP contribution is -2.36. The van der Waals surface area contributed by atoms with Crippen molar-refractivity contribution in [2.45, 2.75) is 46.1 Å². The van der Waals surface area contributed by atoms with E-state index in [4.69, 9.17) is 0 Å². The smallest absolute Gasteiger partial charge is 0.138 e. The second kappa shape index (κ2) is 3.17. The normalized spacial score (nSPS) is 31.7. The summed E-state index contributed by atoms with van der Waals surface area (Å²) in [4.78, 5) is 11.4. The molecule has 0 amide bonds. The number of rotatable bonds is 1. The molecule has 12 heavy (non-hydrogen) atoms. The second-order valence-electron chi connectivity index (χ2n) is 4.68. The van der Waals surface area contributed by atoms with E-state index >= 15 is 0 Å². The summed E-state index contributed by atoms with van der Waals surface area (Å²) in [5, 5.41) is 9.36. The van der Waals surface area contributed by atoms with Crippen molar-refractivity contribution < 1.29 is 9.90 Å². The molecule has 1 aliphatic carbocycles. The number of carbonyl (C=O) groups is 1. The van der Waals surface area contributed by atoms with Gasteiger partial charge in [-0.15, -0.1) is 0 Å². The quantitative estimate of drug-likeness (QED) is 0.651. The van der Waals surface area contributed by atoms with Crippen LogP contribution in [0.5, 0.6) is 0 Å². The maximum Gasteiger partial charge on any atom is 0.138 e. The molecule has 1 saturated carbocycles. The minimum absolute atomic E-state index is 0.117. The zero-order valence-electron chi connectivity index (χ0n) is 8.13. The standard InChI is InChI=1S/C10H18O2/c1-7(11)8-6-10(2,3)5-4-9(8)12/h7-8,11H,4-6H2,1-3H3. The van der Waals surface area contributed by atoms with E-state index in [1.807, 2.05) is 0 Å². The van der Waals surface area contributed by atoms with Gasteiger partial charge in [0, 0.05) is 12.3 Å². The van der Waals surface area contributed by atoms with E-state index in [0.717, 1.165) is 12.8 Å². The molecule has 1 rings (SSSR count). The van der Waals surface area contributed by atoms with E-state index in [-0.39, 0.29) is 17.1 Å². The van der Waals surface area contributed by atoms with Crippen molar-refractivity contribution in [2.75, 3.05) is 0 Å². The SMILES string of the molecule is CC(O)C1CC(C)(C)CCC1=O. The zero-order chi connectivity index (χ0) is 9.35. The Morgan fingerprint density at radius 3 is 2.58 bits per heavy atom. The molecule has 0 aromatic carbocycles. The fourth-order valence-electron chi connectivity index (χ4n) is 1.90. The molecule has 1 N–H and O–H groups in total. The molecular weight excluding hydrogens is 152 g/mol. The third-order valence-corrected chi connectivity index (χ3v) is 2.82. The second-order valence-corrected chi connectivity index (χ2v) is 4.68. The Morgan fingerprint density at radius 1 is 1.58 bits per heavy atom. The average Bonchev–Trinajstić information content (AvgIpc) is 1.94. The van der Waals surface area contributed by atoms with Gasteiger partial charge in [-0.1, -0.05) is 13.8 Å². The predicted octanol–water partition coefficient (Wildman–Crippen LogP) is 1.76. The van der Waals surface area contributed by atoms with Crippen LogP contribution in [-0.2, 0) is 4.79 Å². The third kappa shape index (κ3) is 2.07. The Labute approximate surface area is 74.0 Å². The number of aliphatic hydroxyl groups excluding tert-OH is 1. The summed E-state index contributed by atoms with van der Waals surface area (Å²) < 4.78 is 0. The van der Waals surface area contributed by atoms with Crippen LogP contribution >= 0.6 is 0 Å². The van der Waals surface area contributed by atoms with Crippen molar-refractivity contribution in [1.29, 1.82) is 0 Å². The van der Waals surface area contributed by atoms with Crippen LogP contribution in [0.15, 0.2) is 0 Å². The van der Waals surface area contributed by atoms with Gasteiger partial charge in [-0.3, -0.25) is 4.79 Å². The van der Waals surface area contributed by atoms with Crippen LogP contribution < -0.4 is 0 Å². The molecule has 0 aromatic rings. The van der Waals surface area contributed by atoms with Crippen LogP contribution in [0, 0.1) is 11.3 Å². The molecule has 0 aromatic heterocycles. The summed E-state index contributed by atoms with van der Waals surface area (Å²) in [7, 11) is 0. The van der Waals surface area contributed by atoms with Crippen molar-refractivity contribution >= 4 is 5.78 Å². The molecular formula is C10H18O2. The van der Waals surface area contributed by atoms with Crippen molar-refractivity contribution in [3.05, 3.63) is 0 Å². The van der Waals surface area contributed by atoms with Crippen molar-refractivity contribution in [3.63, 3.8) is 0 Å². The Hall–Kier alpha value is -0.370. The molecule has 1 fully saturated rings. The molecule has 2 atom stereocenters. The number of hydrogen-bond donors (Lipinski definition) is 1. The minimum Gasteiger partial charge on any atom is -0.393 e. The highest BCUT2D eigenvalue weighted by atomic mass is 16.3. The number of hydrogen-bond acceptors (Lipinski definition) is 2. The van der Waals surface area contributed by atoms with E-state index < -0.39 is 6.10 Å². The molecule has 2 heteroatoms. The topological polar surface area (TPSA) is 37.3 Å². The van der Waals surface area contributed by atoms with E-state index in [1.54, 1.807) is 6.92 Å². The van der Waals surface area contributed by atoms with Gasteiger partial charge in [-0.2, -0.15) is 0 Å². The van der Waals surface area contributed by atoms with Crippen molar-refractivity contribution in [2.24, 2.45) is 11.3 Å². The maximum absolute atomic E-state index is 11.4. The first-order valence-electron chi connectivity index (χ1n) is 4.63. The lowest BCUT2D eigenvalue weighted by Gasteiger charge is -2.35. The van der Waals surface area contributed by atoms with E-state index in [2.05, 4.69) is 13.8 Å². The minimum atomic E-state index is -0.475. The highest BCUT2D eigenvalue weighted by Crippen LogP contribution is 2.37. The monoisotopic (exact) mass is 170 g/mol. The average molecular weight is 170 g/mol. The summed E-state index contributed by atoms with van der Waals surface area (Å²) >= 11 is 0. The van der Waals surface area contributed by atoms with E-state index in [1.165, 1.54) is 0 Å². The number of aliphatic hydroxyl groups is 1. The summed E-state index contributed by atoms with van der Waals surface area (Å²) in [6.45, 7) is 6.04. The van der Waals surface area contributed by atoms with Gasteiger partial charge < -0.3 is 5.11 Å². The van der Waals surface area contributed by atoms with Gasteiger partial charge >= 0.3 is 0 Å². The van der Waals surface area contributed by atoms with Crippen molar-refractivity contribution in [1.82, 2.24) is 0 Å². The number of ketones is 1. The van der Waals surface area contributed by atoms with Crippen LogP contribution in [0.2, 0.25) is 0 Å². The highest BCUT2D eigenvalue weighted by molar-refractivity contribution is 5.82. The Balaban J connectivity index is 2.66. The third-order valence-electron chi connectivity index (χ3n) is 2.82. The predicted molar refractivity (Wildman–Crippen MR) is 47.8 cm³/mol. The summed E-state index contributed by atoms with van der Waals surface area (Å²) in [6.07, 6.45) is 1.97. The fourth-order valence-corrected chi connectivity index (χ4v) is 1.90. The molecule has 0 heterocycles. The number of Topliss-reactive ketones (excluding diaryl/α,β-unsaturated/α-hetero) is 1. The molecule has 0 spiro atoms. The fraction of sp³-hybridized carbons (Fsp3) is 0.900. The van der Waals surface area contributed by atoms with E-state index in [9.17, 15) is 9.90 Å². The van der Waals surface area contributed by atoms with Crippen LogP contribution in [0.1, 0.15) is 40.0 Å². The van der Waals surface area contributed by atoms with Crippen LogP contribution in [0.3, 0.4) is 0 Å². The molecule has 0 aliphatic heterocycles. The first kappa shape index (κ1) is 9.72. The molecule has 1 aliphatic rings. The highest BCUT2D eigenvalue weighted by Gasteiger charge is 2.35. The molecule has 2 unspecified atom stereocenters. The summed E-state index contributed by atoms with van der Waals surface area (Å²) in [6, 6.07) is 0. The Morgan fingerprint density at radius 2 is 2.17 bits per heavy atom. The van der Waals surface area contributed by atoms with Gasteiger partial charge in [0.15, 0.2) is 0 Å². The van der Waals surface area contributed by atoms with Crippen LogP contribution in [0.4, 0.5) is 0 Å². The van der Waals surface area contributed by atoms with Crippen LogP contribution in [-0.4, -0.2) is 17.0 Å². The lowest BCUT2D eigenvalue weighted by atomic mass is 9.70. The zero-order valence-corrected chi connectivity index (χ0v) is 8.13. The Bertz CT molecular complexity index is 182. The first-order chi connectivity index (χ1) is 5.42. The van der Waals surface area contributed by atoms with Gasteiger partial charge in [0.05, 0.1) is 6.10 Å². The van der Waals surface area contributed by atoms with Gasteiger partial charge in [-0.05, 0) is 25.2 Å². The lowest BCUT2D eigenvalue weighted by molar-refractivity contribution is -0.131. The summed E-state index contributed by atoms with van der Waals surface area (Å²) in [5.74, 6) is 0.123. The molecule has 0 saturated heterocycles. The van der Waals surface area contributed by atoms with Crippen molar-refractivity contribution in [3.8, 4) is 0 Å². The van der Waals surface area contributed by atoms with Gasteiger partial charge in [-0.25, -0.2) is 0 Å². The largest absolute Gasteiger partial charge is 0.393 e. The molecule has 2 nitrogen and oxygen atoms in total. The number of carbonyl (C=O) groups excluding carboxylic acids is 1. The summed E-state index contributed by atoms with van der Waals surface area (Å²) in [5.41, 5.74) is 0.232. The van der Waals surface area contributed by atoms with Gasteiger partial charge in [0.25, 0.3) is 0 Å². The maximum atomic E-state index is 11.4. The first-order valence-corrected chi connectivity index (χ1v) is 4.63. The molecule has 0 bridgehead atoms. The molecule has 0 radical (unpaired) electrons.